The van der Waals surface area contributed by atoms with Crippen LogP contribution in [0.3, 0.4) is 0 Å². The first-order valence-corrected chi connectivity index (χ1v) is 7.53. The highest BCUT2D eigenvalue weighted by molar-refractivity contribution is 6.02. The van der Waals surface area contributed by atoms with E-state index in [1.54, 1.807) is 58.8 Å². The van der Waals surface area contributed by atoms with Crippen LogP contribution >= 0.6 is 0 Å². The van der Waals surface area contributed by atoms with Gasteiger partial charge < -0.3 is 24.3 Å². The molecular formula is C19H21NO5. The Morgan fingerprint density at radius 2 is 1.48 bits per heavy atom. The van der Waals surface area contributed by atoms with Crippen molar-refractivity contribution in [3.8, 4) is 23.0 Å². The summed E-state index contributed by atoms with van der Waals surface area (Å²) in [4.78, 5) is 12.1. The molecule has 6 heteroatoms. The first-order chi connectivity index (χ1) is 12.1. The van der Waals surface area contributed by atoms with Crippen LogP contribution in [0.4, 0.5) is 5.69 Å². The number of methoxy groups -OCH3 is 4. The number of carbonyl (C=O) groups is 1. The van der Waals surface area contributed by atoms with Crippen LogP contribution in [0.25, 0.3) is 6.08 Å². The SMILES string of the molecule is COc1cc(C=CC(=O)Nc2ccc(OC)c(OC)c2)cc(OC)c1. The molecule has 1 N–H and O–H groups in total. The maximum atomic E-state index is 12.1. The average Bonchev–Trinajstić information content (AvgIpc) is 2.65. The lowest BCUT2D eigenvalue weighted by atomic mass is 10.2. The third kappa shape index (κ3) is 4.91. The molecule has 0 aliphatic heterocycles. The van der Waals surface area contributed by atoms with Crippen LogP contribution in [0.2, 0.25) is 0 Å². The molecule has 0 aromatic heterocycles. The number of hydrogen-bond acceptors (Lipinski definition) is 5. The van der Waals surface area contributed by atoms with Crippen molar-refractivity contribution in [1.29, 1.82) is 0 Å². The molecule has 0 aliphatic rings. The second-order valence-corrected chi connectivity index (χ2v) is 5.04. The number of ether oxygens (including phenoxy) is 4. The molecular weight excluding hydrogens is 322 g/mol. The second-order valence-electron chi connectivity index (χ2n) is 5.04. The predicted octanol–water partition coefficient (Wildman–Crippen LogP) is 3.37. The summed E-state index contributed by atoms with van der Waals surface area (Å²) < 4.78 is 20.8. The highest BCUT2D eigenvalue weighted by atomic mass is 16.5. The van der Waals surface area contributed by atoms with E-state index in [4.69, 9.17) is 18.9 Å². The molecule has 0 fully saturated rings. The van der Waals surface area contributed by atoms with Gasteiger partial charge in [-0.2, -0.15) is 0 Å². The zero-order chi connectivity index (χ0) is 18.2. The molecule has 0 unspecified atom stereocenters. The lowest BCUT2D eigenvalue weighted by molar-refractivity contribution is -0.111. The van der Waals surface area contributed by atoms with E-state index in [1.165, 1.54) is 6.08 Å². The minimum Gasteiger partial charge on any atom is -0.497 e. The standard InChI is InChI=1S/C19H21NO5/c1-22-15-9-13(10-16(12-15)23-2)5-8-19(21)20-14-6-7-17(24-3)18(11-14)25-4/h5-12H,1-4H3,(H,20,21). The molecule has 0 saturated carbocycles. The Hall–Kier alpha value is -3.15. The van der Waals surface area contributed by atoms with Gasteiger partial charge in [-0.25, -0.2) is 0 Å². The Morgan fingerprint density at radius 3 is 2.04 bits per heavy atom. The summed E-state index contributed by atoms with van der Waals surface area (Å²) in [6.07, 6.45) is 3.12. The Balaban J connectivity index is 2.11. The van der Waals surface area contributed by atoms with Gasteiger partial charge in [0.25, 0.3) is 0 Å². The number of nitrogens with one attached hydrogen (secondary N) is 1. The number of carbonyl (C=O) groups excluding carboxylic acids is 1. The maximum absolute atomic E-state index is 12.1. The van der Waals surface area contributed by atoms with Crippen molar-refractivity contribution in [3.05, 3.63) is 48.0 Å². The summed E-state index contributed by atoms with van der Waals surface area (Å²) in [6.45, 7) is 0. The number of hydrogen-bond donors (Lipinski definition) is 1. The smallest absolute Gasteiger partial charge is 0.248 e. The predicted molar refractivity (Wildman–Crippen MR) is 96.8 cm³/mol. The van der Waals surface area contributed by atoms with Gasteiger partial charge in [0.1, 0.15) is 11.5 Å². The van der Waals surface area contributed by atoms with E-state index < -0.39 is 0 Å². The van der Waals surface area contributed by atoms with E-state index in [0.29, 0.717) is 28.7 Å². The lowest BCUT2D eigenvalue weighted by Gasteiger charge is -2.09. The minimum absolute atomic E-state index is 0.269. The summed E-state index contributed by atoms with van der Waals surface area (Å²) >= 11 is 0. The van der Waals surface area contributed by atoms with Gasteiger partial charge in [-0.15, -0.1) is 0 Å². The van der Waals surface area contributed by atoms with Gasteiger partial charge in [-0.05, 0) is 35.9 Å². The zero-order valence-corrected chi connectivity index (χ0v) is 14.7. The average molecular weight is 343 g/mol. The summed E-state index contributed by atoms with van der Waals surface area (Å²) in [6, 6.07) is 10.5. The Bertz CT molecular complexity index is 748. The van der Waals surface area contributed by atoms with Gasteiger partial charge >= 0.3 is 0 Å². The molecule has 132 valence electrons. The largest absolute Gasteiger partial charge is 0.497 e. The Kier molecular flexibility index (Phi) is 6.28. The summed E-state index contributed by atoms with van der Waals surface area (Å²) in [5.74, 6) is 2.17. The molecule has 0 radical (unpaired) electrons. The van der Waals surface area contributed by atoms with Crippen molar-refractivity contribution in [3.63, 3.8) is 0 Å². The van der Waals surface area contributed by atoms with Gasteiger partial charge in [0.15, 0.2) is 11.5 Å². The van der Waals surface area contributed by atoms with Crippen LogP contribution in [0.1, 0.15) is 5.56 Å². The van der Waals surface area contributed by atoms with Gasteiger partial charge in [-0.3, -0.25) is 4.79 Å². The van der Waals surface area contributed by atoms with Gasteiger partial charge in [0.05, 0.1) is 28.4 Å². The van der Waals surface area contributed by atoms with Gasteiger partial charge in [0, 0.05) is 23.9 Å². The monoisotopic (exact) mass is 343 g/mol. The zero-order valence-electron chi connectivity index (χ0n) is 14.7. The normalized spacial score (nSPS) is 10.4. The quantitative estimate of drug-likeness (QED) is 0.781. The van der Waals surface area contributed by atoms with Crippen LogP contribution in [-0.2, 0) is 4.79 Å². The molecule has 25 heavy (non-hydrogen) atoms. The molecule has 0 heterocycles. The molecule has 0 saturated heterocycles. The van der Waals surface area contributed by atoms with E-state index in [-0.39, 0.29) is 5.91 Å². The van der Waals surface area contributed by atoms with Crippen LogP contribution in [0.5, 0.6) is 23.0 Å². The van der Waals surface area contributed by atoms with Crippen molar-refractivity contribution in [2.24, 2.45) is 0 Å². The lowest BCUT2D eigenvalue weighted by Crippen LogP contribution is -2.08. The van der Waals surface area contributed by atoms with Crippen molar-refractivity contribution >= 4 is 17.7 Å². The van der Waals surface area contributed by atoms with Crippen LogP contribution < -0.4 is 24.3 Å². The van der Waals surface area contributed by atoms with Crippen LogP contribution in [-0.4, -0.2) is 34.3 Å². The molecule has 2 aromatic carbocycles. The van der Waals surface area contributed by atoms with E-state index >= 15 is 0 Å². The molecule has 2 rings (SSSR count). The molecule has 1 amide bonds. The minimum atomic E-state index is -0.269. The molecule has 2 aromatic rings. The van der Waals surface area contributed by atoms with Crippen molar-refractivity contribution in [2.75, 3.05) is 33.8 Å². The fourth-order valence-electron chi connectivity index (χ4n) is 2.20. The fourth-order valence-corrected chi connectivity index (χ4v) is 2.20. The topological polar surface area (TPSA) is 66.0 Å². The van der Waals surface area contributed by atoms with Gasteiger partial charge in [-0.1, -0.05) is 0 Å². The summed E-state index contributed by atoms with van der Waals surface area (Å²) in [5, 5.41) is 2.77. The molecule has 0 bridgehead atoms. The fraction of sp³-hybridized carbons (Fsp3) is 0.211. The van der Waals surface area contributed by atoms with Crippen molar-refractivity contribution < 1.29 is 23.7 Å². The van der Waals surface area contributed by atoms with Crippen molar-refractivity contribution in [1.82, 2.24) is 0 Å². The van der Waals surface area contributed by atoms with Crippen LogP contribution in [0, 0.1) is 0 Å². The third-order valence-electron chi connectivity index (χ3n) is 3.45. The molecule has 0 aliphatic carbocycles. The second kappa shape index (κ2) is 8.63. The molecule has 0 spiro atoms. The Labute approximate surface area is 147 Å². The summed E-state index contributed by atoms with van der Waals surface area (Å²) in [7, 11) is 6.25. The number of benzene rings is 2. The Morgan fingerprint density at radius 1 is 0.840 bits per heavy atom. The van der Waals surface area contributed by atoms with E-state index in [1.807, 2.05) is 12.1 Å². The maximum Gasteiger partial charge on any atom is 0.248 e. The number of anilines is 1. The number of rotatable bonds is 7. The van der Waals surface area contributed by atoms with E-state index in [2.05, 4.69) is 5.32 Å². The first kappa shape index (κ1) is 18.2. The number of amides is 1. The molecule has 0 atom stereocenters. The van der Waals surface area contributed by atoms with Crippen molar-refractivity contribution in [2.45, 2.75) is 0 Å². The molecule has 6 nitrogen and oxygen atoms in total. The highest BCUT2D eigenvalue weighted by Crippen LogP contribution is 2.29. The highest BCUT2D eigenvalue weighted by Gasteiger charge is 2.06. The van der Waals surface area contributed by atoms with E-state index in [9.17, 15) is 4.79 Å². The van der Waals surface area contributed by atoms with Gasteiger partial charge in [0.2, 0.25) is 5.91 Å². The first-order valence-electron chi connectivity index (χ1n) is 7.53. The van der Waals surface area contributed by atoms with Crippen LogP contribution in [0.15, 0.2) is 42.5 Å². The van der Waals surface area contributed by atoms with E-state index in [0.717, 1.165) is 5.56 Å². The summed E-state index contributed by atoms with van der Waals surface area (Å²) in [5.41, 5.74) is 1.40. The third-order valence-corrected chi connectivity index (χ3v) is 3.45.